The predicted octanol–water partition coefficient (Wildman–Crippen LogP) is 5.63. The average molecular weight is 322 g/mol. The Kier molecular flexibility index (Phi) is 4.12. The van der Waals surface area contributed by atoms with Gasteiger partial charge >= 0.3 is 6.03 Å². The van der Waals surface area contributed by atoms with Gasteiger partial charge in [-0.2, -0.15) is 0 Å². The van der Waals surface area contributed by atoms with E-state index < -0.39 is 0 Å². The Labute approximate surface area is 144 Å². The zero-order chi connectivity index (χ0) is 17.5. The van der Waals surface area contributed by atoms with Gasteiger partial charge in [-0.05, 0) is 74.9 Å². The van der Waals surface area contributed by atoms with Gasteiger partial charge in [-0.3, -0.25) is 4.90 Å². The number of hydrogen-bond acceptors (Lipinski definition) is 1. The predicted molar refractivity (Wildman–Crippen MR) is 101 cm³/mol. The molecule has 1 atom stereocenters. The number of nitrogens with one attached hydrogen (secondary N) is 1. The zero-order valence-corrected chi connectivity index (χ0v) is 15.2. The van der Waals surface area contributed by atoms with E-state index in [9.17, 15) is 4.79 Å². The molecule has 2 aromatic rings. The third-order valence-corrected chi connectivity index (χ3v) is 5.05. The Balaban J connectivity index is 2.04. The maximum Gasteiger partial charge on any atom is 0.326 e. The number of para-hydroxylation sites is 1. The average Bonchev–Trinajstić information content (AvgIpc) is 2.49. The van der Waals surface area contributed by atoms with Crippen molar-refractivity contribution in [1.82, 2.24) is 0 Å². The topological polar surface area (TPSA) is 32.3 Å². The summed E-state index contributed by atoms with van der Waals surface area (Å²) in [5.74, 6) is 0.440. The highest BCUT2D eigenvalue weighted by molar-refractivity contribution is 6.03. The molecule has 0 saturated heterocycles. The number of carbonyl (C=O) groups is 1. The van der Waals surface area contributed by atoms with E-state index in [4.69, 9.17) is 0 Å². The van der Waals surface area contributed by atoms with Crippen molar-refractivity contribution in [3.05, 3.63) is 59.2 Å². The molecule has 2 aromatic carbocycles. The number of nitrogens with zero attached hydrogens (tertiary/aromatic N) is 1. The number of amides is 2. The highest BCUT2D eigenvalue weighted by Crippen LogP contribution is 2.44. The number of anilines is 2. The monoisotopic (exact) mass is 322 g/mol. The molecular weight excluding hydrogens is 296 g/mol. The summed E-state index contributed by atoms with van der Waals surface area (Å²) >= 11 is 0. The van der Waals surface area contributed by atoms with E-state index in [1.807, 2.05) is 35.2 Å². The molecule has 2 amide bonds. The highest BCUT2D eigenvalue weighted by Gasteiger charge is 2.40. The van der Waals surface area contributed by atoms with Crippen LogP contribution >= 0.6 is 0 Å². The first-order valence-corrected chi connectivity index (χ1v) is 8.57. The molecule has 0 radical (unpaired) electrons. The van der Waals surface area contributed by atoms with Crippen LogP contribution < -0.4 is 10.2 Å². The first kappa shape index (κ1) is 16.6. The molecule has 0 aliphatic carbocycles. The van der Waals surface area contributed by atoms with Gasteiger partial charge in [0.15, 0.2) is 0 Å². The zero-order valence-electron chi connectivity index (χ0n) is 15.2. The minimum absolute atomic E-state index is 0.0670. The molecule has 0 unspecified atom stereocenters. The van der Waals surface area contributed by atoms with Crippen LogP contribution in [0, 0.1) is 13.8 Å². The summed E-state index contributed by atoms with van der Waals surface area (Å²) in [7, 11) is 0. The summed E-state index contributed by atoms with van der Waals surface area (Å²) < 4.78 is 0. The van der Waals surface area contributed by atoms with Crippen LogP contribution in [0.15, 0.2) is 42.5 Å². The van der Waals surface area contributed by atoms with Gasteiger partial charge in [0.1, 0.15) is 0 Å². The van der Waals surface area contributed by atoms with E-state index >= 15 is 0 Å². The maximum absolute atomic E-state index is 13.1. The number of rotatable bonds is 1. The molecule has 126 valence electrons. The molecule has 0 aromatic heterocycles. The number of aryl methyl sites for hydroxylation is 2. The second-order valence-corrected chi connectivity index (χ2v) is 7.54. The van der Waals surface area contributed by atoms with Crippen molar-refractivity contribution >= 4 is 17.4 Å². The molecule has 3 heteroatoms. The maximum atomic E-state index is 13.1. The van der Waals surface area contributed by atoms with Crippen molar-refractivity contribution in [3.8, 4) is 0 Å². The normalized spacial score (nSPS) is 18.9. The van der Waals surface area contributed by atoms with E-state index in [2.05, 4.69) is 52.1 Å². The molecule has 1 aliphatic heterocycles. The first-order valence-electron chi connectivity index (χ1n) is 8.57. The summed E-state index contributed by atoms with van der Waals surface area (Å²) in [5.41, 5.74) is 5.39. The number of urea groups is 1. The smallest absolute Gasteiger partial charge is 0.308 e. The minimum Gasteiger partial charge on any atom is -0.308 e. The Hall–Kier alpha value is -2.29. The van der Waals surface area contributed by atoms with Crippen LogP contribution in [0.3, 0.4) is 0 Å². The molecule has 0 bridgehead atoms. The SMILES string of the molecule is Cc1cc2c(cc1C)N(C(=O)Nc1ccccc1)C(C)(C)C[C@@H]2C. The first-order chi connectivity index (χ1) is 11.3. The Morgan fingerprint density at radius 2 is 1.75 bits per heavy atom. The van der Waals surface area contributed by atoms with Crippen molar-refractivity contribution in [1.29, 1.82) is 0 Å². The lowest BCUT2D eigenvalue weighted by atomic mass is 9.79. The minimum atomic E-state index is -0.229. The van der Waals surface area contributed by atoms with Gasteiger partial charge in [0.25, 0.3) is 0 Å². The lowest BCUT2D eigenvalue weighted by Crippen LogP contribution is -2.53. The van der Waals surface area contributed by atoms with Crippen LogP contribution in [0.4, 0.5) is 16.2 Å². The van der Waals surface area contributed by atoms with Gasteiger partial charge in [-0.25, -0.2) is 4.79 Å². The molecule has 0 spiro atoms. The fourth-order valence-electron chi connectivity index (χ4n) is 3.77. The molecule has 3 rings (SSSR count). The summed E-state index contributed by atoms with van der Waals surface area (Å²) in [6, 6.07) is 14.0. The largest absolute Gasteiger partial charge is 0.326 e. The standard InChI is InChI=1S/C21H26N2O/c1-14-11-18-16(3)13-21(4,5)23(19(18)12-15(14)2)20(24)22-17-9-7-6-8-10-17/h6-12,16H,13H2,1-5H3,(H,22,24)/t16-/m0/s1. The van der Waals surface area contributed by atoms with Crippen molar-refractivity contribution in [3.63, 3.8) is 0 Å². The number of benzene rings is 2. The van der Waals surface area contributed by atoms with E-state index in [1.165, 1.54) is 16.7 Å². The molecule has 3 nitrogen and oxygen atoms in total. The fraction of sp³-hybridized carbons (Fsp3) is 0.381. The molecule has 1 N–H and O–H groups in total. The van der Waals surface area contributed by atoms with E-state index in [1.54, 1.807) is 0 Å². The number of carbonyl (C=O) groups excluding carboxylic acids is 1. The third-order valence-electron chi connectivity index (χ3n) is 5.05. The van der Waals surface area contributed by atoms with Crippen molar-refractivity contribution in [2.24, 2.45) is 0 Å². The summed E-state index contributed by atoms with van der Waals surface area (Å²) in [6.07, 6.45) is 0.949. The van der Waals surface area contributed by atoms with Crippen LogP contribution in [0.1, 0.15) is 49.8 Å². The molecule has 1 heterocycles. The molecule has 0 fully saturated rings. The summed E-state index contributed by atoms with van der Waals surface area (Å²) in [4.78, 5) is 15.0. The van der Waals surface area contributed by atoms with E-state index in [0.717, 1.165) is 17.8 Å². The number of fused-ring (bicyclic) bond motifs is 1. The van der Waals surface area contributed by atoms with E-state index in [-0.39, 0.29) is 11.6 Å². The third kappa shape index (κ3) is 2.91. The fourth-order valence-corrected chi connectivity index (χ4v) is 3.77. The van der Waals surface area contributed by atoms with Gasteiger partial charge < -0.3 is 5.32 Å². The molecule has 1 aliphatic rings. The molecular formula is C21H26N2O. The Morgan fingerprint density at radius 1 is 1.12 bits per heavy atom. The number of hydrogen-bond donors (Lipinski definition) is 1. The summed E-state index contributed by atoms with van der Waals surface area (Å²) in [6.45, 7) is 10.8. The van der Waals surface area contributed by atoms with Crippen LogP contribution in [-0.4, -0.2) is 11.6 Å². The summed E-state index contributed by atoms with van der Waals surface area (Å²) in [5, 5.41) is 3.04. The van der Waals surface area contributed by atoms with Crippen molar-refractivity contribution in [2.75, 3.05) is 10.2 Å². The second kappa shape index (κ2) is 5.97. The van der Waals surface area contributed by atoms with Crippen molar-refractivity contribution < 1.29 is 4.79 Å². The van der Waals surface area contributed by atoms with Crippen LogP contribution in [0.2, 0.25) is 0 Å². The van der Waals surface area contributed by atoms with Gasteiger partial charge in [0.2, 0.25) is 0 Å². The highest BCUT2D eigenvalue weighted by atomic mass is 16.2. The lowest BCUT2D eigenvalue weighted by Gasteiger charge is -2.46. The van der Waals surface area contributed by atoms with Gasteiger partial charge in [0.05, 0.1) is 0 Å². The van der Waals surface area contributed by atoms with Crippen LogP contribution in [0.5, 0.6) is 0 Å². The van der Waals surface area contributed by atoms with Gasteiger partial charge in [0, 0.05) is 16.9 Å². The van der Waals surface area contributed by atoms with E-state index in [0.29, 0.717) is 5.92 Å². The Bertz CT molecular complexity index is 765. The molecule has 24 heavy (non-hydrogen) atoms. The van der Waals surface area contributed by atoms with Gasteiger partial charge in [-0.1, -0.05) is 31.2 Å². The van der Waals surface area contributed by atoms with Crippen LogP contribution in [0.25, 0.3) is 0 Å². The Morgan fingerprint density at radius 3 is 2.42 bits per heavy atom. The van der Waals surface area contributed by atoms with Crippen molar-refractivity contribution in [2.45, 2.75) is 52.5 Å². The quantitative estimate of drug-likeness (QED) is 0.725. The lowest BCUT2D eigenvalue weighted by molar-refractivity contribution is 0.247. The second-order valence-electron chi connectivity index (χ2n) is 7.54. The van der Waals surface area contributed by atoms with Gasteiger partial charge in [-0.15, -0.1) is 0 Å². The molecule has 0 saturated carbocycles. The van der Waals surface area contributed by atoms with Crippen LogP contribution in [-0.2, 0) is 0 Å².